The molecule has 0 saturated carbocycles. The Morgan fingerprint density at radius 1 is 1.14 bits per heavy atom. The molecule has 2 heterocycles. The van der Waals surface area contributed by atoms with E-state index in [-0.39, 0.29) is 16.2 Å². The number of halogens is 1. The number of hydrogen-bond donors (Lipinski definition) is 1. The van der Waals surface area contributed by atoms with Gasteiger partial charge in [-0.25, -0.2) is 0 Å². The SMILES string of the molecule is CCCN1c2cc(Cl)c(/C=C3/C(=O)NC(=S)N(c4cc(C)cc(C)c4)C3=O)cc2C(C)CC1(C)C. The van der Waals surface area contributed by atoms with Crippen LogP contribution in [0.5, 0.6) is 0 Å². The van der Waals surface area contributed by atoms with Crippen molar-refractivity contribution in [2.75, 3.05) is 16.3 Å². The van der Waals surface area contributed by atoms with E-state index in [0.717, 1.165) is 36.2 Å². The quantitative estimate of drug-likeness (QED) is 0.299. The molecule has 1 atom stereocenters. The molecule has 1 unspecified atom stereocenters. The van der Waals surface area contributed by atoms with Crippen molar-refractivity contribution in [1.82, 2.24) is 5.32 Å². The Kier molecular flexibility index (Phi) is 6.82. The number of carbonyl (C=O) groups is 2. The summed E-state index contributed by atoms with van der Waals surface area (Å²) < 4.78 is 0. The Balaban J connectivity index is 1.78. The first kappa shape index (κ1) is 25.4. The lowest BCUT2D eigenvalue weighted by atomic mass is 9.79. The second kappa shape index (κ2) is 9.40. The Labute approximate surface area is 218 Å². The molecule has 1 saturated heterocycles. The summed E-state index contributed by atoms with van der Waals surface area (Å²) in [4.78, 5) is 30.2. The number of carbonyl (C=O) groups excluding carboxylic acids is 2. The molecule has 2 aliphatic heterocycles. The first-order valence-electron chi connectivity index (χ1n) is 12.0. The minimum atomic E-state index is -0.517. The second-order valence-corrected chi connectivity index (χ2v) is 11.1. The van der Waals surface area contributed by atoms with Crippen LogP contribution in [0.2, 0.25) is 5.02 Å². The maximum atomic E-state index is 13.5. The van der Waals surface area contributed by atoms with Gasteiger partial charge in [0.25, 0.3) is 11.8 Å². The third-order valence-electron chi connectivity index (χ3n) is 6.82. The van der Waals surface area contributed by atoms with Crippen LogP contribution < -0.4 is 15.1 Å². The summed E-state index contributed by atoms with van der Waals surface area (Å²) in [5.41, 5.74) is 5.63. The zero-order valence-electron chi connectivity index (χ0n) is 21.2. The topological polar surface area (TPSA) is 52.7 Å². The summed E-state index contributed by atoms with van der Waals surface area (Å²) in [5.74, 6) is -0.659. The summed E-state index contributed by atoms with van der Waals surface area (Å²) >= 11 is 12.1. The van der Waals surface area contributed by atoms with Crippen molar-refractivity contribution in [3.8, 4) is 0 Å². The van der Waals surface area contributed by atoms with Crippen LogP contribution >= 0.6 is 23.8 Å². The number of aryl methyl sites for hydroxylation is 2. The largest absolute Gasteiger partial charge is 0.366 e. The molecule has 0 radical (unpaired) electrons. The van der Waals surface area contributed by atoms with E-state index >= 15 is 0 Å². The smallest absolute Gasteiger partial charge is 0.270 e. The van der Waals surface area contributed by atoms with Gasteiger partial charge in [-0.1, -0.05) is 31.5 Å². The van der Waals surface area contributed by atoms with Gasteiger partial charge >= 0.3 is 0 Å². The van der Waals surface area contributed by atoms with Gasteiger partial charge in [-0.05, 0) is 111 Å². The highest BCUT2D eigenvalue weighted by Gasteiger charge is 2.37. The molecular formula is C28H32ClN3O2S. The fraction of sp³-hybridized carbons (Fsp3) is 0.393. The highest BCUT2D eigenvalue weighted by Crippen LogP contribution is 2.45. The average Bonchev–Trinajstić information content (AvgIpc) is 2.73. The van der Waals surface area contributed by atoms with Crippen molar-refractivity contribution in [2.24, 2.45) is 0 Å². The van der Waals surface area contributed by atoms with Crippen molar-refractivity contribution >= 4 is 58.2 Å². The molecule has 0 aromatic heterocycles. The molecule has 184 valence electrons. The van der Waals surface area contributed by atoms with E-state index in [1.807, 2.05) is 44.2 Å². The van der Waals surface area contributed by atoms with E-state index in [9.17, 15) is 9.59 Å². The predicted octanol–water partition coefficient (Wildman–Crippen LogP) is 6.29. The molecule has 2 aromatic rings. The van der Waals surface area contributed by atoms with E-state index in [1.165, 1.54) is 10.5 Å². The fourth-order valence-corrected chi connectivity index (χ4v) is 5.90. The monoisotopic (exact) mass is 509 g/mol. The van der Waals surface area contributed by atoms with Crippen LogP contribution in [0, 0.1) is 13.8 Å². The van der Waals surface area contributed by atoms with Crippen LogP contribution in [0.15, 0.2) is 35.9 Å². The summed E-state index contributed by atoms with van der Waals surface area (Å²) in [5, 5.41) is 3.25. The van der Waals surface area contributed by atoms with E-state index in [2.05, 4.69) is 37.9 Å². The number of benzene rings is 2. The van der Waals surface area contributed by atoms with Crippen LogP contribution in [0.3, 0.4) is 0 Å². The third kappa shape index (κ3) is 4.74. The van der Waals surface area contributed by atoms with E-state index in [0.29, 0.717) is 22.2 Å². The van der Waals surface area contributed by atoms with Crippen LogP contribution in [-0.4, -0.2) is 29.0 Å². The summed E-state index contributed by atoms with van der Waals surface area (Å²) in [7, 11) is 0. The molecule has 0 bridgehead atoms. The van der Waals surface area contributed by atoms with Crippen LogP contribution in [0.25, 0.3) is 6.08 Å². The molecule has 0 spiro atoms. The van der Waals surface area contributed by atoms with Gasteiger partial charge in [-0.2, -0.15) is 0 Å². The summed E-state index contributed by atoms with van der Waals surface area (Å²) in [6.07, 6.45) is 3.63. The molecule has 0 aliphatic carbocycles. The fourth-order valence-electron chi connectivity index (χ4n) is 5.41. The second-order valence-electron chi connectivity index (χ2n) is 10.3. The van der Waals surface area contributed by atoms with E-state index < -0.39 is 11.8 Å². The first-order valence-corrected chi connectivity index (χ1v) is 12.8. The first-order chi connectivity index (χ1) is 16.4. The third-order valence-corrected chi connectivity index (χ3v) is 7.43. The van der Waals surface area contributed by atoms with Crippen molar-refractivity contribution in [2.45, 2.75) is 65.8 Å². The molecule has 1 N–H and O–H groups in total. The average molecular weight is 510 g/mol. The van der Waals surface area contributed by atoms with Gasteiger partial charge in [0.15, 0.2) is 5.11 Å². The van der Waals surface area contributed by atoms with Gasteiger partial charge in [0.1, 0.15) is 5.57 Å². The lowest BCUT2D eigenvalue weighted by Gasteiger charge is -2.47. The zero-order chi connectivity index (χ0) is 25.7. The van der Waals surface area contributed by atoms with Gasteiger partial charge in [-0.3, -0.25) is 19.8 Å². The molecule has 5 nitrogen and oxygen atoms in total. The normalized spacial score (nSPS) is 20.8. The molecule has 2 aromatic carbocycles. The van der Waals surface area contributed by atoms with Gasteiger partial charge < -0.3 is 4.90 Å². The number of anilines is 2. The minimum Gasteiger partial charge on any atom is -0.366 e. The van der Waals surface area contributed by atoms with Crippen LogP contribution in [-0.2, 0) is 9.59 Å². The Morgan fingerprint density at radius 2 is 1.80 bits per heavy atom. The number of nitrogens with one attached hydrogen (secondary N) is 1. The minimum absolute atomic E-state index is 0.00816. The Hall–Kier alpha value is -2.70. The number of thiocarbonyl (C=S) groups is 1. The van der Waals surface area contributed by atoms with Gasteiger partial charge in [0.05, 0.1) is 5.69 Å². The van der Waals surface area contributed by atoms with Gasteiger partial charge in [0, 0.05) is 22.8 Å². The lowest BCUT2D eigenvalue weighted by molar-refractivity contribution is -0.122. The van der Waals surface area contributed by atoms with Gasteiger partial charge in [0.2, 0.25) is 0 Å². The van der Waals surface area contributed by atoms with Crippen molar-refractivity contribution < 1.29 is 9.59 Å². The molecule has 2 aliphatic rings. The maximum Gasteiger partial charge on any atom is 0.270 e. The molecule has 7 heteroatoms. The molecule has 4 rings (SSSR count). The molecular weight excluding hydrogens is 478 g/mol. The van der Waals surface area contributed by atoms with Crippen LogP contribution in [0.1, 0.15) is 68.7 Å². The highest BCUT2D eigenvalue weighted by molar-refractivity contribution is 7.80. The Bertz CT molecular complexity index is 1250. The predicted molar refractivity (Wildman–Crippen MR) is 148 cm³/mol. The van der Waals surface area contributed by atoms with E-state index in [4.69, 9.17) is 23.8 Å². The number of nitrogens with zero attached hydrogens (tertiary/aromatic N) is 2. The van der Waals surface area contributed by atoms with E-state index in [1.54, 1.807) is 6.08 Å². The molecule has 2 amide bonds. The van der Waals surface area contributed by atoms with Crippen molar-refractivity contribution in [1.29, 1.82) is 0 Å². The number of fused-ring (bicyclic) bond motifs is 1. The highest BCUT2D eigenvalue weighted by atomic mass is 35.5. The summed E-state index contributed by atoms with van der Waals surface area (Å²) in [6, 6.07) is 9.79. The van der Waals surface area contributed by atoms with Crippen molar-refractivity contribution in [3.63, 3.8) is 0 Å². The Morgan fingerprint density at radius 3 is 2.43 bits per heavy atom. The number of hydrogen-bond acceptors (Lipinski definition) is 4. The van der Waals surface area contributed by atoms with Crippen molar-refractivity contribution in [3.05, 3.63) is 63.2 Å². The standard InChI is InChI=1S/C28H32ClN3O2S/c1-7-8-31-24-14-23(29)19(12-21(24)18(4)15-28(31,5)6)13-22-25(33)30-27(35)32(26(22)34)20-10-16(2)9-17(3)11-20/h9-14,18H,7-8,15H2,1-6H3,(H,30,33,35)/b22-13-. The number of rotatable bonds is 4. The van der Waals surface area contributed by atoms with Crippen LogP contribution in [0.4, 0.5) is 11.4 Å². The molecule has 35 heavy (non-hydrogen) atoms. The maximum absolute atomic E-state index is 13.5. The lowest BCUT2D eigenvalue weighted by Crippen LogP contribution is -2.54. The van der Waals surface area contributed by atoms with Gasteiger partial charge in [-0.15, -0.1) is 0 Å². The molecule has 1 fully saturated rings. The number of amides is 2. The summed E-state index contributed by atoms with van der Waals surface area (Å²) in [6.45, 7) is 13.8. The zero-order valence-corrected chi connectivity index (χ0v) is 22.7.